The lowest BCUT2D eigenvalue weighted by Crippen LogP contribution is -2.61. The number of hydrogen-bond acceptors (Lipinski definition) is 3. The minimum Gasteiger partial charge on any atom is -0.341 e. The van der Waals surface area contributed by atoms with Gasteiger partial charge in [-0.2, -0.15) is 0 Å². The summed E-state index contributed by atoms with van der Waals surface area (Å²) in [6.45, 7) is 6.64. The molecule has 0 atom stereocenters. The van der Waals surface area contributed by atoms with E-state index in [0.29, 0.717) is 19.6 Å². The van der Waals surface area contributed by atoms with Crippen molar-refractivity contribution in [1.29, 1.82) is 0 Å². The third-order valence-electron chi connectivity index (χ3n) is 4.96. The molecule has 2 aliphatic carbocycles. The lowest BCUT2D eigenvalue weighted by Gasteiger charge is -2.40. The van der Waals surface area contributed by atoms with Gasteiger partial charge in [-0.15, -0.1) is 0 Å². The number of carbonyl (C=O) groups excluding carboxylic acids is 2. The molecule has 0 aliphatic heterocycles. The molecule has 5 heteroatoms. The summed E-state index contributed by atoms with van der Waals surface area (Å²) in [5.41, 5.74) is -0.664. The van der Waals surface area contributed by atoms with E-state index >= 15 is 0 Å². The van der Waals surface area contributed by atoms with E-state index in [1.54, 1.807) is 0 Å². The quantitative estimate of drug-likeness (QED) is 0.717. The van der Waals surface area contributed by atoms with Gasteiger partial charge in [-0.3, -0.25) is 9.59 Å². The van der Waals surface area contributed by atoms with Crippen molar-refractivity contribution in [2.45, 2.75) is 64.3 Å². The van der Waals surface area contributed by atoms with Crippen LogP contribution >= 0.6 is 0 Å². The van der Waals surface area contributed by atoms with Crippen molar-refractivity contribution in [3.8, 4) is 0 Å². The number of rotatable bonds is 8. The Morgan fingerprint density at radius 3 is 2.27 bits per heavy atom. The first-order chi connectivity index (χ1) is 10.6. The van der Waals surface area contributed by atoms with Crippen LogP contribution in [0.5, 0.6) is 0 Å². The SMILES string of the molecule is CCN(CC)C(=O)C1(NC(=O)CNCC2CC2)CCCCC1. The number of hydrogen-bond donors (Lipinski definition) is 2. The molecule has 0 saturated heterocycles. The number of nitrogens with zero attached hydrogens (tertiary/aromatic N) is 1. The van der Waals surface area contributed by atoms with E-state index in [2.05, 4.69) is 10.6 Å². The second kappa shape index (κ2) is 7.95. The predicted molar refractivity (Wildman–Crippen MR) is 87.5 cm³/mol. The molecule has 2 rings (SSSR count). The third-order valence-corrected chi connectivity index (χ3v) is 4.96. The van der Waals surface area contributed by atoms with E-state index < -0.39 is 5.54 Å². The maximum Gasteiger partial charge on any atom is 0.248 e. The van der Waals surface area contributed by atoms with E-state index in [-0.39, 0.29) is 11.8 Å². The maximum absolute atomic E-state index is 12.9. The van der Waals surface area contributed by atoms with Crippen molar-refractivity contribution in [3.05, 3.63) is 0 Å². The zero-order chi connectivity index (χ0) is 16.0. The highest BCUT2D eigenvalue weighted by molar-refractivity contribution is 5.92. The fourth-order valence-corrected chi connectivity index (χ4v) is 3.38. The molecule has 0 aromatic carbocycles. The van der Waals surface area contributed by atoms with Gasteiger partial charge < -0.3 is 15.5 Å². The van der Waals surface area contributed by atoms with Crippen molar-refractivity contribution in [2.24, 2.45) is 5.92 Å². The molecule has 0 aromatic heterocycles. The highest BCUT2D eigenvalue weighted by Crippen LogP contribution is 2.30. The molecule has 0 radical (unpaired) electrons. The lowest BCUT2D eigenvalue weighted by molar-refractivity contribution is -0.143. The van der Waals surface area contributed by atoms with Gasteiger partial charge in [0.1, 0.15) is 5.54 Å². The second-order valence-corrected chi connectivity index (χ2v) is 6.74. The Morgan fingerprint density at radius 1 is 1.09 bits per heavy atom. The minimum atomic E-state index is -0.664. The zero-order valence-electron chi connectivity index (χ0n) is 14.1. The number of amides is 2. The molecule has 2 saturated carbocycles. The molecular formula is C17H31N3O2. The van der Waals surface area contributed by atoms with Crippen molar-refractivity contribution in [3.63, 3.8) is 0 Å². The van der Waals surface area contributed by atoms with Crippen LogP contribution < -0.4 is 10.6 Å². The smallest absolute Gasteiger partial charge is 0.248 e. The molecule has 0 spiro atoms. The summed E-state index contributed by atoms with van der Waals surface area (Å²) in [4.78, 5) is 27.0. The maximum atomic E-state index is 12.9. The molecule has 0 unspecified atom stereocenters. The van der Waals surface area contributed by atoms with Crippen LogP contribution in [0.25, 0.3) is 0 Å². The summed E-state index contributed by atoms with van der Waals surface area (Å²) in [6, 6.07) is 0. The average molecular weight is 309 g/mol. The fraction of sp³-hybridized carbons (Fsp3) is 0.882. The Hall–Kier alpha value is -1.10. The first kappa shape index (κ1) is 17.3. The standard InChI is InChI=1S/C17H31N3O2/c1-3-20(4-2)16(22)17(10-6-5-7-11-17)19-15(21)13-18-12-14-8-9-14/h14,18H,3-13H2,1-2H3,(H,19,21). The van der Waals surface area contributed by atoms with Crippen LogP contribution in [0.1, 0.15) is 58.8 Å². The van der Waals surface area contributed by atoms with Gasteiger partial charge in [0.05, 0.1) is 6.54 Å². The zero-order valence-corrected chi connectivity index (χ0v) is 14.1. The van der Waals surface area contributed by atoms with Crippen LogP contribution in [0.2, 0.25) is 0 Å². The van der Waals surface area contributed by atoms with E-state index in [9.17, 15) is 9.59 Å². The summed E-state index contributed by atoms with van der Waals surface area (Å²) in [5, 5.41) is 6.30. The van der Waals surface area contributed by atoms with Gasteiger partial charge in [0.25, 0.3) is 0 Å². The van der Waals surface area contributed by atoms with E-state index in [1.807, 2.05) is 18.7 Å². The second-order valence-electron chi connectivity index (χ2n) is 6.74. The van der Waals surface area contributed by atoms with Crippen molar-refractivity contribution in [2.75, 3.05) is 26.2 Å². The Morgan fingerprint density at radius 2 is 1.73 bits per heavy atom. The molecule has 5 nitrogen and oxygen atoms in total. The normalized spacial score (nSPS) is 20.5. The molecule has 2 aliphatic rings. The summed E-state index contributed by atoms with van der Waals surface area (Å²) < 4.78 is 0. The topological polar surface area (TPSA) is 61.4 Å². The largest absolute Gasteiger partial charge is 0.341 e. The monoisotopic (exact) mass is 309 g/mol. The van der Waals surface area contributed by atoms with E-state index in [0.717, 1.165) is 44.6 Å². The van der Waals surface area contributed by atoms with Crippen molar-refractivity contribution < 1.29 is 9.59 Å². The predicted octanol–water partition coefficient (Wildman–Crippen LogP) is 1.67. The molecule has 126 valence electrons. The van der Waals surface area contributed by atoms with Gasteiger partial charge in [0.2, 0.25) is 11.8 Å². The minimum absolute atomic E-state index is 0.0388. The summed E-state index contributed by atoms with van der Waals surface area (Å²) >= 11 is 0. The van der Waals surface area contributed by atoms with Gasteiger partial charge >= 0.3 is 0 Å². The van der Waals surface area contributed by atoms with Crippen LogP contribution in [-0.4, -0.2) is 48.4 Å². The van der Waals surface area contributed by atoms with Crippen LogP contribution in [0.15, 0.2) is 0 Å². The van der Waals surface area contributed by atoms with Crippen LogP contribution in [0, 0.1) is 5.92 Å². The van der Waals surface area contributed by atoms with E-state index in [1.165, 1.54) is 12.8 Å². The third kappa shape index (κ3) is 4.45. The molecule has 22 heavy (non-hydrogen) atoms. The number of carbonyl (C=O) groups is 2. The number of nitrogens with one attached hydrogen (secondary N) is 2. The summed E-state index contributed by atoms with van der Waals surface area (Å²) in [6.07, 6.45) is 7.29. The highest BCUT2D eigenvalue weighted by atomic mass is 16.2. The summed E-state index contributed by atoms with van der Waals surface area (Å²) in [5.74, 6) is 0.824. The van der Waals surface area contributed by atoms with Crippen LogP contribution in [0.4, 0.5) is 0 Å². The Labute approximate surface area is 134 Å². The molecule has 2 fully saturated rings. The Bertz CT molecular complexity index is 383. The Balaban J connectivity index is 1.94. The molecular weight excluding hydrogens is 278 g/mol. The first-order valence-corrected chi connectivity index (χ1v) is 8.92. The molecule has 0 bridgehead atoms. The average Bonchev–Trinajstić information content (AvgIpc) is 3.33. The molecule has 0 heterocycles. The fourth-order valence-electron chi connectivity index (χ4n) is 3.38. The Kier molecular flexibility index (Phi) is 6.24. The van der Waals surface area contributed by atoms with Gasteiger partial charge in [-0.05, 0) is 52.0 Å². The molecule has 2 amide bonds. The summed E-state index contributed by atoms with van der Waals surface area (Å²) in [7, 11) is 0. The van der Waals surface area contributed by atoms with E-state index in [4.69, 9.17) is 0 Å². The van der Waals surface area contributed by atoms with Crippen LogP contribution in [-0.2, 0) is 9.59 Å². The lowest BCUT2D eigenvalue weighted by atomic mass is 9.80. The van der Waals surface area contributed by atoms with Crippen molar-refractivity contribution >= 4 is 11.8 Å². The van der Waals surface area contributed by atoms with Gasteiger partial charge in [-0.1, -0.05) is 19.3 Å². The number of likely N-dealkylation sites (N-methyl/N-ethyl adjacent to an activating group) is 1. The van der Waals surface area contributed by atoms with Crippen molar-refractivity contribution in [1.82, 2.24) is 15.5 Å². The van der Waals surface area contributed by atoms with Gasteiger partial charge in [0.15, 0.2) is 0 Å². The highest BCUT2D eigenvalue weighted by Gasteiger charge is 2.42. The van der Waals surface area contributed by atoms with Crippen LogP contribution in [0.3, 0.4) is 0 Å². The van der Waals surface area contributed by atoms with Gasteiger partial charge in [-0.25, -0.2) is 0 Å². The molecule has 0 aromatic rings. The van der Waals surface area contributed by atoms with Gasteiger partial charge in [0, 0.05) is 13.1 Å². The molecule has 2 N–H and O–H groups in total. The first-order valence-electron chi connectivity index (χ1n) is 8.92.